The van der Waals surface area contributed by atoms with Gasteiger partial charge in [0.1, 0.15) is 11.5 Å². The summed E-state index contributed by atoms with van der Waals surface area (Å²) in [5.74, 6) is 2.77. The van der Waals surface area contributed by atoms with Crippen LogP contribution in [0.5, 0.6) is 11.5 Å². The Morgan fingerprint density at radius 2 is 0.950 bits per heavy atom. The van der Waals surface area contributed by atoms with Gasteiger partial charge in [0.15, 0.2) is 0 Å². The van der Waals surface area contributed by atoms with Crippen molar-refractivity contribution >= 4 is 0 Å². The second-order valence-corrected chi connectivity index (χ2v) is 14.2. The summed E-state index contributed by atoms with van der Waals surface area (Å²) >= 11 is 0. The van der Waals surface area contributed by atoms with Crippen LogP contribution in [0.4, 0.5) is 0 Å². The highest BCUT2D eigenvalue weighted by Crippen LogP contribution is 2.37. The van der Waals surface area contributed by atoms with Crippen molar-refractivity contribution in [3.05, 3.63) is 56.6 Å². The van der Waals surface area contributed by atoms with Gasteiger partial charge in [-0.15, -0.1) is 0 Å². The van der Waals surface area contributed by atoms with Crippen LogP contribution >= 0.6 is 0 Å². The van der Waals surface area contributed by atoms with Gasteiger partial charge >= 0.3 is 0 Å². The molecule has 0 bridgehead atoms. The molecular weight excluding hydrogens is 492 g/mol. The van der Waals surface area contributed by atoms with Crippen molar-refractivity contribution in [2.75, 3.05) is 13.1 Å². The van der Waals surface area contributed by atoms with Crippen LogP contribution < -0.4 is 0 Å². The largest absolute Gasteiger partial charge is 0.507 e. The van der Waals surface area contributed by atoms with Gasteiger partial charge in [0.05, 0.1) is 0 Å². The van der Waals surface area contributed by atoms with Crippen LogP contribution in [0.2, 0.25) is 0 Å². The summed E-state index contributed by atoms with van der Waals surface area (Å²) in [6, 6.07) is 5.30. The van der Waals surface area contributed by atoms with E-state index in [1.54, 1.807) is 0 Å². The summed E-state index contributed by atoms with van der Waals surface area (Å²) in [6.45, 7) is 30.4. The van der Waals surface area contributed by atoms with Gasteiger partial charge in [-0.25, -0.2) is 0 Å². The fraction of sp³-hybridized carbons (Fsp3) is 0.667. The molecule has 1 fully saturated rings. The van der Waals surface area contributed by atoms with Crippen molar-refractivity contribution in [3.8, 4) is 11.5 Å². The first-order valence-electron chi connectivity index (χ1n) is 15.7. The topological polar surface area (TPSA) is 46.9 Å². The van der Waals surface area contributed by atoms with E-state index in [0.717, 1.165) is 61.3 Å². The number of hydrogen-bond donors (Lipinski definition) is 2. The van der Waals surface area contributed by atoms with E-state index in [4.69, 9.17) is 0 Å². The van der Waals surface area contributed by atoms with Gasteiger partial charge in [-0.1, -0.05) is 67.5 Å². The van der Waals surface area contributed by atoms with E-state index in [2.05, 4.69) is 105 Å². The Kier molecular flexibility index (Phi) is 10.8. The summed E-state index contributed by atoms with van der Waals surface area (Å²) < 4.78 is 0. The number of benzene rings is 2. The molecule has 4 heteroatoms. The molecule has 40 heavy (non-hydrogen) atoms. The van der Waals surface area contributed by atoms with Gasteiger partial charge in [-0.05, 0) is 109 Å². The standard InChI is InChI=1S/C36H58N2O2/c1-21(2)13-29-17-38(20-34-26(10)16-32(24(7)8)36(40)28(34)12)30(14-22(3)4)18-37(29)19-33-25(9)15-31(23(5)6)35(39)27(33)11/h15-16,21-24,29-30,39-40H,13-14,17-20H2,1-12H3. The quantitative estimate of drug-likeness (QED) is 0.310. The van der Waals surface area contributed by atoms with E-state index in [1.807, 2.05) is 0 Å². The molecule has 1 saturated heterocycles. The maximum atomic E-state index is 11.1. The first-order chi connectivity index (χ1) is 18.6. The molecule has 0 saturated carbocycles. The molecule has 2 unspecified atom stereocenters. The van der Waals surface area contributed by atoms with Crippen molar-refractivity contribution in [1.82, 2.24) is 9.80 Å². The third-order valence-electron chi connectivity index (χ3n) is 9.24. The first-order valence-corrected chi connectivity index (χ1v) is 15.7. The van der Waals surface area contributed by atoms with Gasteiger partial charge in [-0.2, -0.15) is 0 Å². The molecule has 0 spiro atoms. The number of aromatic hydroxyl groups is 2. The molecule has 0 amide bonds. The normalized spacial score (nSPS) is 19.1. The average molecular weight is 551 g/mol. The first kappa shape index (κ1) is 32.5. The van der Waals surface area contributed by atoms with Gasteiger partial charge in [-0.3, -0.25) is 9.80 Å². The fourth-order valence-corrected chi connectivity index (χ4v) is 6.85. The van der Waals surface area contributed by atoms with Crippen molar-refractivity contribution < 1.29 is 10.2 Å². The van der Waals surface area contributed by atoms with E-state index >= 15 is 0 Å². The number of phenolic OH excluding ortho intramolecular Hbond substituents is 2. The number of nitrogens with zero attached hydrogens (tertiary/aromatic N) is 2. The molecular formula is C36H58N2O2. The zero-order chi connectivity index (χ0) is 30.0. The lowest BCUT2D eigenvalue weighted by atomic mass is 9.89. The second kappa shape index (κ2) is 13.3. The average Bonchev–Trinajstić information content (AvgIpc) is 2.84. The molecule has 1 aliphatic heterocycles. The van der Waals surface area contributed by atoms with E-state index in [1.165, 1.54) is 22.3 Å². The van der Waals surface area contributed by atoms with E-state index in [0.29, 0.717) is 47.3 Å². The lowest BCUT2D eigenvalue weighted by Crippen LogP contribution is -2.58. The number of rotatable bonds is 10. The summed E-state index contributed by atoms with van der Waals surface area (Å²) in [5, 5.41) is 22.1. The van der Waals surface area contributed by atoms with E-state index in [-0.39, 0.29) is 0 Å². The summed E-state index contributed by atoms with van der Waals surface area (Å²) in [5.41, 5.74) is 9.34. The Bertz CT molecular complexity index is 1070. The maximum absolute atomic E-state index is 11.1. The van der Waals surface area contributed by atoms with Crippen molar-refractivity contribution in [3.63, 3.8) is 0 Å². The molecule has 224 valence electrons. The third kappa shape index (κ3) is 7.23. The summed E-state index contributed by atoms with van der Waals surface area (Å²) in [7, 11) is 0. The molecule has 3 rings (SSSR count). The van der Waals surface area contributed by atoms with Crippen LogP contribution in [0, 0.1) is 39.5 Å². The lowest BCUT2D eigenvalue weighted by molar-refractivity contribution is 0.00214. The Labute approximate surface area is 245 Å². The number of aryl methyl sites for hydroxylation is 2. The van der Waals surface area contributed by atoms with Crippen LogP contribution in [0.3, 0.4) is 0 Å². The molecule has 2 atom stereocenters. The van der Waals surface area contributed by atoms with Crippen molar-refractivity contribution in [2.45, 2.75) is 133 Å². The second-order valence-electron chi connectivity index (χ2n) is 14.2. The molecule has 0 aliphatic carbocycles. The van der Waals surface area contributed by atoms with Gasteiger partial charge < -0.3 is 10.2 Å². The number of phenols is 2. The van der Waals surface area contributed by atoms with Crippen LogP contribution in [0.15, 0.2) is 12.1 Å². The van der Waals surface area contributed by atoms with Crippen LogP contribution in [-0.2, 0) is 13.1 Å². The highest BCUT2D eigenvalue weighted by molar-refractivity contribution is 5.51. The minimum absolute atomic E-state index is 0.306. The SMILES string of the molecule is Cc1cc(C(C)C)c(O)c(C)c1CN1CC(CC(C)C)N(Cc2c(C)cc(C(C)C)c(O)c2C)CC1CC(C)C. The predicted octanol–water partition coefficient (Wildman–Crippen LogP) is 8.73. The van der Waals surface area contributed by atoms with E-state index in [9.17, 15) is 10.2 Å². The highest BCUT2D eigenvalue weighted by atomic mass is 16.3. The molecule has 2 aromatic rings. The zero-order valence-electron chi connectivity index (χ0n) is 27.7. The monoisotopic (exact) mass is 550 g/mol. The highest BCUT2D eigenvalue weighted by Gasteiger charge is 2.35. The van der Waals surface area contributed by atoms with Gasteiger partial charge in [0.25, 0.3) is 0 Å². The summed E-state index contributed by atoms with van der Waals surface area (Å²) in [6.07, 6.45) is 2.29. The van der Waals surface area contributed by atoms with Crippen molar-refractivity contribution in [2.24, 2.45) is 11.8 Å². The Balaban J connectivity index is 1.98. The molecule has 2 N–H and O–H groups in total. The van der Waals surface area contributed by atoms with Gasteiger partial charge in [0.2, 0.25) is 0 Å². The number of hydrogen-bond acceptors (Lipinski definition) is 4. The third-order valence-corrected chi connectivity index (χ3v) is 9.24. The van der Waals surface area contributed by atoms with Crippen LogP contribution in [0.25, 0.3) is 0 Å². The minimum Gasteiger partial charge on any atom is -0.507 e. The molecule has 4 nitrogen and oxygen atoms in total. The van der Waals surface area contributed by atoms with Crippen LogP contribution in [0.1, 0.15) is 125 Å². The molecule has 0 aromatic heterocycles. The predicted molar refractivity (Wildman–Crippen MR) is 171 cm³/mol. The maximum Gasteiger partial charge on any atom is 0.122 e. The fourth-order valence-electron chi connectivity index (χ4n) is 6.85. The van der Waals surface area contributed by atoms with Crippen molar-refractivity contribution in [1.29, 1.82) is 0 Å². The zero-order valence-corrected chi connectivity index (χ0v) is 27.7. The summed E-state index contributed by atoms with van der Waals surface area (Å²) in [4.78, 5) is 5.43. The molecule has 2 aromatic carbocycles. The smallest absolute Gasteiger partial charge is 0.122 e. The molecule has 1 heterocycles. The van der Waals surface area contributed by atoms with Crippen LogP contribution in [-0.4, -0.2) is 45.2 Å². The Morgan fingerprint density at radius 1 is 0.625 bits per heavy atom. The molecule has 1 aliphatic rings. The van der Waals surface area contributed by atoms with Gasteiger partial charge in [0, 0.05) is 38.3 Å². The minimum atomic E-state index is 0.306. The Hall–Kier alpha value is -2.04. The number of piperazine rings is 1. The lowest BCUT2D eigenvalue weighted by Gasteiger charge is -2.48. The van der Waals surface area contributed by atoms with E-state index < -0.39 is 0 Å². The molecule has 0 radical (unpaired) electrons. The Morgan fingerprint density at radius 3 is 1.23 bits per heavy atom.